The summed E-state index contributed by atoms with van der Waals surface area (Å²) in [5, 5.41) is 12.9. The second kappa shape index (κ2) is 6.69. The number of amides is 2. The van der Waals surface area contributed by atoms with Crippen LogP contribution < -0.4 is 15.8 Å². The maximum Gasteiger partial charge on any atom is 0.316 e. The molecule has 118 valence electrons. The van der Waals surface area contributed by atoms with Gasteiger partial charge in [0.1, 0.15) is 4.21 Å². The highest BCUT2D eigenvalue weighted by Crippen LogP contribution is 2.34. The summed E-state index contributed by atoms with van der Waals surface area (Å²) in [5.41, 5.74) is 4.95. The number of sulfonamides is 1. The molecule has 0 aliphatic carbocycles. The van der Waals surface area contributed by atoms with Crippen molar-refractivity contribution in [2.45, 2.75) is 4.21 Å². The Bertz CT molecular complexity index is 639. The number of nitrogens with two attached hydrogens (primary N) is 1. The van der Waals surface area contributed by atoms with Gasteiger partial charge in [-0.1, -0.05) is 11.3 Å². The first-order chi connectivity index (χ1) is 9.65. The van der Waals surface area contributed by atoms with Gasteiger partial charge in [-0.25, -0.2) is 17.9 Å². The van der Waals surface area contributed by atoms with Gasteiger partial charge in [0.2, 0.25) is 10.0 Å². The zero-order valence-corrected chi connectivity index (χ0v) is 13.0. The Kier molecular flexibility index (Phi) is 5.46. The summed E-state index contributed by atoms with van der Waals surface area (Å²) in [4.78, 5) is 22.4. The van der Waals surface area contributed by atoms with E-state index in [-0.39, 0.29) is 28.3 Å². The predicted molar refractivity (Wildman–Crippen MR) is 77.7 cm³/mol. The van der Waals surface area contributed by atoms with Gasteiger partial charge in [-0.3, -0.25) is 10.1 Å². The summed E-state index contributed by atoms with van der Waals surface area (Å²) in [7, 11) is -0.797. The third-order valence-corrected chi connectivity index (χ3v) is 5.17. The molecule has 0 saturated carbocycles. The molecule has 10 nitrogen and oxygen atoms in total. The first-order valence-electron chi connectivity index (χ1n) is 5.63. The van der Waals surface area contributed by atoms with Crippen LogP contribution in [0.4, 0.5) is 15.5 Å². The van der Waals surface area contributed by atoms with E-state index in [0.717, 1.165) is 6.07 Å². The highest BCUT2D eigenvalue weighted by molar-refractivity contribution is 7.91. The smallest absolute Gasteiger partial charge is 0.316 e. The van der Waals surface area contributed by atoms with Crippen LogP contribution in [0.1, 0.15) is 0 Å². The minimum atomic E-state index is -3.89. The minimum absolute atomic E-state index is 0.0481. The molecular formula is C9H15N5O5S2. The Morgan fingerprint density at radius 2 is 2.10 bits per heavy atom. The third-order valence-electron chi connectivity index (χ3n) is 2.28. The molecule has 0 atom stereocenters. The highest BCUT2D eigenvalue weighted by atomic mass is 32.2. The molecule has 1 heterocycles. The molecule has 0 fully saturated rings. The number of nitrogen functional groups attached to an aromatic ring is 1. The van der Waals surface area contributed by atoms with E-state index < -0.39 is 20.6 Å². The number of thiophene rings is 1. The predicted octanol–water partition coefficient (Wildman–Crippen LogP) is -0.212. The topological polar surface area (TPSA) is 148 Å². The fraction of sp³-hybridized carbons (Fsp3) is 0.444. The second-order valence-electron chi connectivity index (χ2n) is 4.10. The Morgan fingerprint density at radius 1 is 1.48 bits per heavy atom. The molecule has 1 aromatic heterocycles. The van der Waals surface area contributed by atoms with Gasteiger partial charge in [-0.05, 0) is 0 Å². The van der Waals surface area contributed by atoms with E-state index in [1.54, 1.807) is 14.1 Å². The molecule has 1 aromatic rings. The summed E-state index contributed by atoms with van der Waals surface area (Å²) in [6.07, 6.45) is 0. The van der Waals surface area contributed by atoms with Gasteiger partial charge >= 0.3 is 11.7 Å². The minimum Gasteiger partial charge on any atom is -0.385 e. The SMILES string of the molecule is CN(C)C(=O)NCCNS(=O)(=O)c1cc([N+](=O)[O-])c(N)s1. The lowest BCUT2D eigenvalue weighted by Crippen LogP contribution is -2.39. The third kappa shape index (κ3) is 4.54. The van der Waals surface area contributed by atoms with Crippen LogP contribution in [0.3, 0.4) is 0 Å². The zero-order chi connectivity index (χ0) is 16.2. The number of carbonyl (C=O) groups excluding carboxylic acids is 1. The van der Waals surface area contributed by atoms with E-state index in [1.165, 1.54) is 4.90 Å². The van der Waals surface area contributed by atoms with Gasteiger partial charge in [0.15, 0.2) is 5.00 Å². The highest BCUT2D eigenvalue weighted by Gasteiger charge is 2.24. The van der Waals surface area contributed by atoms with E-state index in [4.69, 9.17) is 5.73 Å². The molecule has 0 aliphatic heterocycles. The lowest BCUT2D eigenvalue weighted by atomic mass is 10.5. The fourth-order valence-electron chi connectivity index (χ4n) is 1.23. The Morgan fingerprint density at radius 3 is 2.57 bits per heavy atom. The van der Waals surface area contributed by atoms with Crippen LogP contribution in [0.25, 0.3) is 0 Å². The lowest BCUT2D eigenvalue weighted by molar-refractivity contribution is -0.383. The van der Waals surface area contributed by atoms with E-state index in [9.17, 15) is 23.3 Å². The first kappa shape index (κ1) is 17.1. The maximum atomic E-state index is 11.9. The van der Waals surface area contributed by atoms with E-state index in [1.807, 2.05) is 0 Å². The molecule has 4 N–H and O–H groups in total. The standard InChI is InChI=1S/C9H15N5O5S2/c1-13(2)9(15)11-3-4-12-21(18,19)7-5-6(14(16)17)8(10)20-7/h5,12H,3-4,10H2,1-2H3,(H,11,15). The number of carbonyl (C=O) groups is 1. The van der Waals surface area contributed by atoms with Crippen molar-refractivity contribution in [1.82, 2.24) is 14.9 Å². The molecule has 0 bridgehead atoms. The van der Waals surface area contributed by atoms with Crippen LogP contribution in [-0.4, -0.2) is 51.5 Å². The molecule has 1 rings (SSSR count). The molecule has 2 amide bonds. The van der Waals surface area contributed by atoms with E-state index >= 15 is 0 Å². The normalized spacial score (nSPS) is 11.1. The van der Waals surface area contributed by atoms with Crippen molar-refractivity contribution in [2.75, 3.05) is 32.9 Å². The number of nitrogens with one attached hydrogen (secondary N) is 2. The number of nitro groups is 1. The molecule has 21 heavy (non-hydrogen) atoms. The summed E-state index contributed by atoms with van der Waals surface area (Å²) in [5.74, 6) is 0. The molecule has 12 heteroatoms. The van der Waals surface area contributed by atoms with Gasteiger partial charge in [0.05, 0.1) is 4.92 Å². The molecule has 0 saturated heterocycles. The number of nitrogens with zero attached hydrogens (tertiary/aromatic N) is 2. The van der Waals surface area contributed by atoms with Crippen molar-refractivity contribution >= 4 is 38.1 Å². The molecule has 0 unspecified atom stereocenters. The van der Waals surface area contributed by atoms with Crippen LogP contribution in [0.15, 0.2) is 10.3 Å². The quantitative estimate of drug-likeness (QED) is 0.371. The average molecular weight is 337 g/mol. The van der Waals surface area contributed by atoms with Crippen molar-refractivity contribution in [1.29, 1.82) is 0 Å². The van der Waals surface area contributed by atoms with E-state index in [2.05, 4.69) is 10.0 Å². The molecule has 0 radical (unpaired) electrons. The van der Waals surface area contributed by atoms with Gasteiger partial charge < -0.3 is 16.0 Å². The van der Waals surface area contributed by atoms with Crippen molar-refractivity contribution in [3.63, 3.8) is 0 Å². The lowest BCUT2D eigenvalue weighted by Gasteiger charge is -2.11. The summed E-state index contributed by atoms with van der Waals surface area (Å²) >= 11 is 0.609. The number of rotatable bonds is 6. The van der Waals surface area contributed by atoms with Crippen LogP contribution in [0.5, 0.6) is 0 Å². The second-order valence-corrected chi connectivity index (χ2v) is 7.17. The number of urea groups is 1. The first-order valence-corrected chi connectivity index (χ1v) is 7.93. The summed E-state index contributed by atoms with van der Waals surface area (Å²) < 4.78 is 25.8. The molecular weight excluding hydrogens is 322 g/mol. The van der Waals surface area contributed by atoms with Crippen LogP contribution >= 0.6 is 11.3 Å². The molecule has 0 spiro atoms. The average Bonchev–Trinajstić information content (AvgIpc) is 2.77. The summed E-state index contributed by atoms with van der Waals surface area (Å²) in [6, 6.07) is 0.547. The Balaban J connectivity index is 2.64. The van der Waals surface area contributed by atoms with Crippen molar-refractivity contribution in [2.24, 2.45) is 0 Å². The monoisotopic (exact) mass is 337 g/mol. The number of hydrogen-bond acceptors (Lipinski definition) is 7. The zero-order valence-electron chi connectivity index (χ0n) is 11.3. The summed E-state index contributed by atoms with van der Waals surface area (Å²) in [6.45, 7) is 0.0344. The molecule has 0 aliphatic rings. The van der Waals surface area contributed by atoms with Crippen molar-refractivity contribution in [3.05, 3.63) is 16.2 Å². The number of anilines is 1. The maximum absolute atomic E-state index is 11.9. The van der Waals surface area contributed by atoms with Gasteiger partial charge in [-0.2, -0.15) is 0 Å². The Labute approximate surface area is 125 Å². The van der Waals surface area contributed by atoms with Gasteiger partial charge in [-0.15, -0.1) is 0 Å². The fourth-order valence-corrected chi connectivity index (χ4v) is 3.52. The van der Waals surface area contributed by atoms with Crippen molar-refractivity contribution in [3.8, 4) is 0 Å². The Hall–Kier alpha value is -1.92. The van der Waals surface area contributed by atoms with Crippen LogP contribution in [0.2, 0.25) is 0 Å². The van der Waals surface area contributed by atoms with Crippen molar-refractivity contribution < 1.29 is 18.1 Å². The van der Waals surface area contributed by atoms with Crippen LogP contribution in [-0.2, 0) is 10.0 Å². The van der Waals surface area contributed by atoms with Gasteiger partial charge in [0.25, 0.3) is 0 Å². The van der Waals surface area contributed by atoms with Gasteiger partial charge in [0, 0.05) is 33.3 Å². The van der Waals surface area contributed by atoms with E-state index in [0.29, 0.717) is 11.3 Å². The van der Waals surface area contributed by atoms with Crippen LogP contribution in [0, 0.1) is 10.1 Å². The number of hydrogen-bond donors (Lipinski definition) is 3. The largest absolute Gasteiger partial charge is 0.385 e. The molecule has 0 aromatic carbocycles.